The van der Waals surface area contributed by atoms with Crippen molar-refractivity contribution in [2.45, 2.75) is 0 Å². The molecule has 0 saturated carbocycles. The van der Waals surface area contributed by atoms with Crippen molar-refractivity contribution >= 4 is 62.9 Å². The number of carbonyl (C=O) groups is 1. The van der Waals surface area contributed by atoms with E-state index in [1.54, 1.807) is 6.07 Å². The van der Waals surface area contributed by atoms with Gasteiger partial charge in [-0.15, -0.1) is 11.3 Å². The lowest BCUT2D eigenvalue weighted by molar-refractivity contribution is 0.0922. The highest BCUT2D eigenvalue weighted by Crippen LogP contribution is 2.31. The lowest BCUT2D eigenvalue weighted by atomic mass is 10.2. The van der Waals surface area contributed by atoms with Crippen molar-refractivity contribution in [2.75, 3.05) is 6.61 Å². The fourth-order valence-electron chi connectivity index (χ4n) is 1.29. The van der Waals surface area contributed by atoms with Gasteiger partial charge in [0.15, 0.2) is 6.61 Å². The average Bonchev–Trinajstić information content (AvgIpc) is 2.67. The molecule has 6 heteroatoms. The fourth-order valence-corrected chi connectivity index (χ4v) is 3.15. The third-order valence-corrected chi connectivity index (χ3v) is 4.35. The molecule has 94 valence electrons. The molecule has 0 bridgehead atoms. The standard InChI is InChI=1S/C12H7Cl2IO2S/c13-11-5-9(12(14)18-11)10(16)6-17-8-3-1-7(15)2-4-8/h1-5H,6H2. The molecule has 18 heavy (non-hydrogen) atoms. The molecule has 0 aliphatic carbocycles. The van der Waals surface area contributed by atoms with Gasteiger partial charge < -0.3 is 4.74 Å². The Hall–Kier alpha value is -0.300. The summed E-state index contributed by atoms with van der Waals surface area (Å²) < 4.78 is 7.40. The number of halogens is 3. The zero-order valence-corrected chi connectivity index (χ0v) is 13.4. The van der Waals surface area contributed by atoms with Gasteiger partial charge in [-0.2, -0.15) is 0 Å². The van der Waals surface area contributed by atoms with E-state index < -0.39 is 0 Å². The summed E-state index contributed by atoms with van der Waals surface area (Å²) in [5.74, 6) is 0.475. The Bertz CT molecular complexity index is 566. The minimum atomic E-state index is -0.179. The largest absolute Gasteiger partial charge is 0.485 e. The first kappa shape index (κ1) is 14.1. The van der Waals surface area contributed by atoms with E-state index in [4.69, 9.17) is 27.9 Å². The first-order chi connectivity index (χ1) is 8.56. The van der Waals surface area contributed by atoms with Gasteiger partial charge >= 0.3 is 0 Å². The Labute approximate surface area is 132 Å². The molecule has 0 aliphatic rings. The summed E-state index contributed by atoms with van der Waals surface area (Å²) in [6, 6.07) is 9.02. The molecule has 0 unspecified atom stereocenters. The number of Topliss-reactive ketones (excluding diaryl/α,β-unsaturated/α-hetero) is 1. The number of ketones is 1. The minimum absolute atomic E-state index is 0.0482. The van der Waals surface area contributed by atoms with Crippen LogP contribution in [0.3, 0.4) is 0 Å². The second kappa shape index (κ2) is 6.23. The highest BCUT2D eigenvalue weighted by atomic mass is 127. The van der Waals surface area contributed by atoms with Crippen molar-refractivity contribution in [2.24, 2.45) is 0 Å². The molecular formula is C12H7Cl2IO2S. The van der Waals surface area contributed by atoms with Crippen molar-refractivity contribution in [3.63, 3.8) is 0 Å². The normalized spacial score (nSPS) is 10.4. The monoisotopic (exact) mass is 412 g/mol. The number of ether oxygens (including phenoxy) is 1. The van der Waals surface area contributed by atoms with Crippen LogP contribution in [0.15, 0.2) is 30.3 Å². The molecule has 0 aliphatic heterocycles. The maximum atomic E-state index is 11.9. The summed E-state index contributed by atoms with van der Waals surface area (Å²) in [5, 5.41) is 0. The van der Waals surface area contributed by atoms with E-state index in [1.807, 2.05) is 24.3 Å². The molecule has 0 N–H and O–H groups in total. The molecule has 1 aromatic heterocycles. The Kier molecular flexibility index (Phi) is 4.89. The van der Waals surface area contributed by atoms with Gasteiger partial charge in [0.2, 0.25) is 5.78 Å². The number of hydrogen-bond acceptors (Lipinski definition) is 3. The van der Waals surface area contributed by atoms with Gasteiger partial charge in [-0.25, -0.2) is 0 Å². The minimum Gasteiger partial charge on any atom is -0.485 e. The lowest BCUT2D eigenvalue weighted by Crippen LogP contribution is -2.11. The first-order valence-electron chi connectivity index (χ1n) is 4.92. The van der Waals surface area contributed by atoms with Crippen molar-refractivity contribution in [3.05, 3.63) is 48.1 Å². The topological polar surface area (TPSA) is 26.3 Å². The predicted molar refractivity (Wildman–Crippen MR) is 83.3 cm³/mol. The maximum absolute atomic E-state index is 11.9. The van der Waals surface area contributed by atoms with Gasteiger partial charge in [0.25, 0.3) is 0 Å². The number of benzene rings is 1. The van der Waals surface area contributed by atoms with Crippen LogP contribution in [0.2, 0.25) is 8.67 Å². The van der Waals surface area contributed by atoms with E-state index in [0.717, 1.165) is 3.57 Å². The number of rotatable bonds is 4. The molecule has 0 atom stereocenters. The second-order valence-electron chi connectivity index (χ2n) is 3.40. The second-order valence-corrected chi connectivity index (χ2v) is 6.93. The van der Waals surface area contributed by atoms with Gasteiger partial charge in [0, 0.05) is 3.57 Å². The van der Waals surface area contributed by atoms with Crippen LogP contribution in [0.25, 0.3) is 0 Å². The number of thiophene rings is 1. The summed E-state index contributed by atoms with van der Waals surface area (Å²) in [5.41, 5.74) is 0.414. The molecular weight excluding hydrogens is 406 g/mol. The predicted octanol–water partition coefficient (Wildman–Crippen LogP) is 4.92. The fraction of sp³-hybridized carbons (Fsp3) is 0.0833. The van der Waals surface area contributed by atoms with Gasteiger partial charge in [-0.05, 0) is 52.9 Å². The molecule has 0 fully saturated rings. The van der Waals surface area contributed by atoms with Crippen LogP contribution in [0, 0.1) is 3.57 Å². The van der Waals surface area contributed by atoms with Gasteiger partial charge in [-0.1, -0.05) is 23.2 Å². The summed E-state index contributed by atoms with van der Waals surface area (Å²) >= 11 is 15.1. The Morgan fingerprint density at radius 3 is 2.50 bits per heavy atom. The highest BCUT2D eigenvalue weighted by Gasteiger charge is 2.14. The third-order valence-electron chi connectivity index (χ3n) is 2.14. The Morgan fingerprint density at radius 2 is 1.94 bits per heavy atom. The van der Waals surface area contributed by atoms with Crippen LogP contribution < -0.4 is 4.74 Å². The molecule has 0 saturated heterocycles. The zero-order valence-electron chi connectivity index (χ0n) is 8.95. The van der Waals surface area contributed by atoms with Crippen LogP contribution in [0.1, 0.15) is 10.4 Å². The smallest absolute Gasteiger partial charge is 0.202 e. The van der Waals surface area contributed by atoms with Crippen LogP contribution in [0.4, 0.5) is 0 Å². The molecule has 1 heterocycles. The molecule has 0 radical (unpaired) electrons. The van der Waals surface area contributed by atoms with Crippen LogP contribution in [-0.4, -0.2) is 12.4 Å². The summed E-state index contributed by atoms with van der Waals surface area (Å²) in [4.78, 5) is 11.9. The zero-order chi connectivity index (χ0) is 13.1. The summed E-state index contributed by atoms with van der Waals surface area (Å²) in [6.45, 7) is -0.0482. The maximum Gasteiger partial charge on any atom is 0.202 e. The first-order valence-corrected chi connectivity index (χ1v) is 7.58. The van der Waals surface area contributed by atoms with Crippen molar-refractivity contribution in [1.82, 2.24) is 0 Å². The highest BCUT2D eigenvalue weighted by molar-refractivity contribution is 14.1. The van der Waals surface area contributed by atoms with Crippen molar-refractivity contribution in [3.8, 4) is 5.75 Å². The van der Waals surface area contributed by atoms with E-state index in [0.29, 0.717) is 20.0 Å². The van der Waals surface area contributed by atoms with Crippen LogP contribution in [-0.2, 0) is 0 Å². The van der Waals surface area contributed by atoms with E-state index in [9.17, 15) is 4.79 Å². The number of carbonyl (C=O) groups excluding carboxylic acids is 1. The Balaban J connectivity index is 2.00. The van der Waals surface area contributed by atoms with E-state index in [1.165, 1.54) is 11.3 Å². The van der Waals surface area contributed by atoms with Gasteiger partial charge in [-0.3, -0.25) is 4.79 Å². The van der Waals surface area contributed by atoms with E-state index >= 15 is 0 Å². The van der Waals surface area contributed by atoms with Crippen molar-refractivity contribution < 1.29 is 9.53 Å². The Morgan fingerprint density at radius 1 is 1.28 bits per heavy atom. The van der Waals surface area contributed by atoms with Crippen molar-refractivity contribution in [1.29, 1.82) is 0 Å². The molecule has 2 aromatic rings. The number of hydrogen-bond donors (Lipinski definition) is 0. The molecule has 2 rings (SSSR count). The quantitative estimate of drug-likeness (QED) is 0.526. The lowest BCUT2D eigenvalue weighted by Gasteiger charge is -2.04. The average molecular weight is 413 g/mol. The third kappa shape index (κ3) is 3.60. The molecule has 0 spiro atoms. The van der Waals surface area contributed by atoms with Gasteiger partial charge in [0.05, 0.1) is 9.90 Å². The SMILES string of the molecule is O=C(COc1ccc(I)cc1)c1cc(Cl)sc1Cl. The summed E-state index contributed by atoms with van der Waals surface area (Å²) in [7, 11) is 0. The van der Waals surface area contributed by atoms with Crippen LogP contribution in [0.5, 0.6) is 5.75 Å². The molecule has 0 amide bonds. The molecule has 1 aromatic carbocycles. The van der Waals surface area contributed by atoms with E-state index in [2.05, 4.69) is 22.6 Å². The van der Waals surface area contributed by atoms with Gasteiger partial charge in [0.1, 0.15) is 10.1 Å². The van der Waals surface area contributed by atoms with Crippen LogP contribution >= 0.6 is 57.1 Å². The van der Waals surface area contributed by atoms with E-state index in [-0.39, 0.29) is 12.4 Å². The molecule has 2 nitrogen and oxygen atoms in total. The summed E-state index contributed by atoms with van der Waals surface area (Å²) in [6.07, 6.45) is 0.